The van der Waals surface area contributed by atoms with Crippen LogP contribution in [-0.2, 0) is 4.74 Å². The molecule has 0 amide bonds. The monoisotopic (exact) mass is 316 g/mol. The molecule has 100 valence electrons. The molecule has 1 aromatic carbocycles. The molecule has 0 bridgehead atoms. The standard InChI is InChI=1S/C13H18BrFN2O/c1-2-17-5-6-18-12(8-16)13(17)10-7-9(15)3-4-11(10)14/h3-4,7,12-13H,2,5-6,8,16H2,1H3. The summed E-state index contributed by atoms with van der Waals surface area (Å²) in [5.41, 5.74) is 6.68. The molecule has 18 heavy (non-hydrogen) atoms. The van der Waals surface area contributed by atoms with Gasteiger partial charge in [0.1, 0.15) is 5.82 Å². The van der Waals surface area contributed by atoms with Crippen LogP contribution in [-0.4, -0.2) is 37.2 Å². The van der Waals surface area contributed by atoms with Crippen LogP contribution < -0.4 is 5.73 Å². The molecule has 0 saturated carbocycles. The highest BCUT2D eigenvalue weighted by atomic mass is 79.9. The number of ether oxygens (including phenoxy) is 1. The highest BCUT2D eigenvalue weighted by Gasteiger charge is 2.33. The molecule has 2 unspecified atom stereocenters. The molecule has 5 heteroatoms. The van der Waals surface area contributed by atoms with Crippen LogP contribution in [0.3, 0.4) is 0 Å². The average Bonchev–Trinajstić information content (AvgIpc) is 2.40. The fraction of sp³-hybridized carbons (Fsp3) is 0.538. The number of hydrogen-bond donors (Lipinski definition) is 1. The lowest BCUT2D eigenvalue weighted by molar-refractivity contribution is -0.0661. The lowest BCUT2D eigenvalue weighted by atomic mass is 9.98. The zero-order valence-electron chi connectivity index (χ0n) is 10.4. The zero-order chi connectivity index (χ0) is 13.1. The number of rotatable bonds is 3. The first-order valence-electron chi connectivity index (χ1n) is 6.18. The molecule has 2 rings (SSSR count). The lowest BCUT2D eigenvalue weighted by Crippen LogP contribution is -2.48. The average molecular weight is 317 g/mol. The van der Waals surface area contributed by atoms with E-state index in [1.54, 1.807) is 12.1 Å². The van der Waals surface area contributed by atoms with Crippen LogP contribution in [0.15, 0.2) is 22.7 Å². The van der Waals surface area contributed by atoms with Crippen molar-refractivity contribution in [3.8, 4) is 0 Å². The fourth-order valence-electron chi connectivity index (χ4n) is 2.48. The molecule has 0 aliphatic carbocycles. The minimum Gasteiger partial charge on any atom is -0.374 e. The summed E-state index contributed by atoms with van der Waals surface area (Å²) < 4.78 is 20.1. The van der Waals surface area contributed by atoms with Gasteiger partial charge in [-0.25, -0.2) is 4.39 Å². The molecule has 0 aromatic heterocycles. The SMILES string of the molecule is CCN1CCOC(CN)C1c1cc(F)ccc1Br. The molecule has 1 heterocycles. The van der Waals surface area contributed by atoms with Crippen molar-refractivity contribution >= 4 is 15.9 Å². The van der Waals surface area contributed by atoms with Crippen molar-refractivity contribution in [2.45, 2.75) is 19.1 Å². The van der Waals surface area contributed by atoms with Crippen LogP contribution in [0.4, 0.5) is 4.39 Å². The maximum atomic E-state index is 13.5. The predicted molar refractivity (Wildman–Crippen MR) is 72.9 cm³/mol. The minimum absolute atomic E-state index is 0.0128. The van der Waals surface area contributed by atoms with Gasteiger partial charge in [0, 0.05) is 17.6 Å². The molecule has 2 atom stereocenters. The smallest absolute Gasteiger partial charge is 0.123 e. The van der Waals surface area contributed by atoms with E-state index in [1.165, 1.54) is 6.07 Å². The van der Waals surface area contributed by atoms with Crippen molar-refractivity contribution in [2.24, 2.45) is 5.73 Å². The third-order valence-electron chi connectivity index (χ3n) is 3.37. The highest BCUT2D eigenvalue weighted by molar-refractivity contribution is 9.10. The Labute approximate surface area is 115 Å². The van der Waals surface area contributed by atoms with Gasteiger partial charge in [0.2, 0.25) is 0 Å². The predicted octanol–water partition coefficient (Wildman–Crippen LogP) is 2.31. The van der Waals surface area contributed by atoms with Crippen LogP contribution in [0, 0.1) is 5.82 Å². The van der Waals surface area contributed by atoms with E-state index in [1.807, 2.05) is 0 Å². The summed E-state index contributed by atoms with van der Waals surface area (Å²) in [7, 11) is 0. The Morgan fingerprint density at radius 3 is 3.00 bits per heavy atom. The van der Waals surface area contributed by atoms with Crippen molar-refractivity contribution in [1.29, 1.82) is 0 Å². The van der Waals surface area contributed by atoms with Crippen molar-refractivity contribution in [3.63, 3.8) is 0 Å². The van der Waals surface area contributed by atoms with E-state index in [0.29, 0.717) is 13.2 Å². The van der Waals surface area contributed by atoms with Gasteiger partial charge in [-0.1, -0.05) is 22.9 Å². The maximum absolute atomic E-state index is 13.5. The summed E-state index contributed by atoms with van der Waals surface area (Å²) in [6, 6.07) is 4.76. The molecule has 1 fully saturated rings. The Hall–Kier alpha value is -0.490. The third kappa shape index (κ3) is 2.74. The molecule has 1 aromatic rings. The molecule has 1 aliphatic rings. The summed E-state index contributed by atoms with van der Waals surface area (Å²) in [6.45, 7) is 4.95. The van der Waals surface area contributed by atoms with Gasteiger partial charge in [0.05, 0.1) is 18.8 Å². The van der Waals surface area contributed by atoms with Gasteiger partial charge < -0.3 is 10.5 Å². The Morgan fingerprint density at radius 2 is 2.33 bits per heavy atom. The molecule has 0 spiro atoms. The number of nitrogens with zero attached hydrogens (tertiary/aromatic N) is 1. The number of hydrogen-bond acceptors (Lipinski definition) is 3. The Bertz CT molecular complexity index is 404. The second-order valence-corrected chi connectivity index (χ2v) is 5.24. The minimum atomic E-state index is -0.231. The van der Waals surface area contributed by atoms with Gasteiger partial charge in [-0.3, -0.25) is 4.90 Å². The van der Waals surface area contributed by atoms with Crippen LogP contribution in [0.5, 0.6) is 0 Å². The second kappa shape index (κ2) is 6.10. The number of nitrogens with two attached hydrogens (primary N) is 1. The fourth-order valence-corrected chi connectivity index (χ4v) is 2.96. The normalized spacial score (nSPS) is 25.3. The summed E-state index contributed by atoms with van der Waals surface area (Å²) in [6.07, 6.45) is -0.0863. The second-order valence-electron chi connectivity index (χ2n) is 4.38. The number of halogens is 2. The van der Waals surface area contributed by atoms with Gasteiger partial charge in [-0.05, 0) is 30.3 Å². The molecule has 0 radical (unpaired) electrons. The number of morpholine rings is 1. The van der Waals surface area contributed by atoms with E-state index >= 15 is 0 Å². The van der Waals surface area contributed by atoms with Gasteiger partial charge in [0.15, 0.2) is 0 Å². The first-order chi connectivity index (χ1) is 8.67. The largest absolute Gasteiger partial charge is 0.374 e. The Balaban J connectivity index is 2.38. The molecule has 2 N–H and O–H groups in total. The Kier molecular flexibility index (Phi) is 4.72. The van der Waals surface area contributed by atoms with Crippen molar-refractivity contribution in [2.75, 3.05) is 26.2 Å². The molecule has 1 aliphatic heterocycles. The van der Waals surface area contributed by atoms with Gasteiger partial charge in [-0.2, -0.15) is 0 Å². The summed E-state index contributed by atoms with van der Waals surface area (Å²) in [5, 5.41) is 0. The van der Waals surface area contributed by atoms with E-state index in [4.69, 9.17) is 10.5 Å². The van der Waals surface area contributed by atoms with E-state index in [0.717, 1.165) is 23.1 Å². The Morgan fingerprint density at radius 1 is 1.56 bits per heavy atom. The quantitative estimate of drug-likeness (QED) is 0.930. The highest BCUT2D eigenvalue weighted by Crippen LogP contribution is 2.34. The summed E-state index contributed by atoms with van der Waals surface area (Å²) in [5.74, 6) is -0.231. The molecular formula is C13H18BrFN2O. The topological polar surface area (TPSA) is 38.5 Å². The molecule has 3 nitrogen and oxygen atoms in total. The maximum Gasteiger partial charge on any atom is 0.123 e. The number of benzene rings is 1. The summed E-state index contributed by atoms with van der Waals surface area (Å²) >= 11 is 3.49. The van der Waals surface area contributed by atoms with E-state index in [-0.39, 0.29) is 18.0 Å². The first kappa shape index (κ1) is 13.9. The van der Waals surface area contributed by atoms with Crippen molar-refractivity contribution in [3.05, 3.63) is 34.1 Å². The van der Waals surface area contributed by atoms with Crippen molar-refractivity contribution < 1.29 is 9.13 Å². The van der Waals surface area contributed by atoms with Crippen LogP contribution in [0.1, 0.15) is 18.5 Å². The van der Waals surface area contributed by atoms with E-state index in [2.05, 4.69) is 27.8 Å². The van der Waals surface area contributed by atoms with Crippen molar-refractivity contribution in [1.82, 2.24) is 4.90 Å². The van der Waals surface area contributed by atoms with Crippen LogP contribution in [0.2, 0.25) is 0 Å². The van der Waals surface area contributed by atoms with Gasteiger partial charge in [0.25, 0.3) is 0 Å². The van der Waals surface area contributed by atoms with Crippen LogP contribution >= 0.6 is 15.9 Å². The van der Waals surface area contributed by atoms with E-state index < -0.39 is 0 Å². The zero-order valence-corrected chi connectivity index (χ0v) is 12.0. The summed E-state index contributed by atoms with van der Waals surface area (Å²) in [4.78, 5) is 2.28. The van der Waals surface area contributed by atoms with E-state index in [9.17, 15) is 4.39 Å². The molecule has 1 saturated heterocycles. The van der Waals surface area contributed by atoms with Crippen LogP contribution in [0.25, 0.3) is 0 Å². The first-order valence-corrected chi connectivity index (χ1v) is 6.97. The number of likely N-dealkylation sites (N-methyl/N-ethyl adjacent to an activating group) is 1. The lowest BCUT2D eigenvalue weighted by Gasteiger charge is -2.41. The molecular weight excluding hydrogens is 299 g/mol. The van der Waals surface area contributed by atoms with Gasteiger partial charge in [-0.15, -0.1) is 0 Å². The van der Waals surface area contributed by atoms with Gasteiger partial charge >= 0.3 is 0 Å². The third-order valence-corrected chi connectivity index (χ3v) is 4.09.